The van der Waals surface area contributed by atoms with Crippen LogP contribution in [0.1, 0.15) is 19.4 Å². The van der Waals surface area contributed by atoms with Crippen molar-refractivity contribution in [2.45, 2.75) is 19.1 Å². The lowest BCUT2D eigenvalue weighted by Gasteiger charge is -2.18. The summed E-state index contributed by atoms with van der Waals surface area (Å²) in [7, 11) is 1.47. The van der Waals surface area contributed by atoms with Gasteiger partial charge in [-0.2, -0.15) is 0 Å². The van der Waals surface area contributed by atoms with Gasteiger partial charge in [-0.1, -0.05) is 26.0 Å². The highest BCUT2D eigenvalue weighted by Gasteiger charge is 2.41. The monoisotopic (exact) mass is 398 g/mol. The Balaban J connectivity index is 2.11. The number of methoxy groups -OCH3 is 1. The first kappa shape index (κ1) is 19.6. The minimum absolute atomic E-state index is 0.0671. The van der Waals surface area contributed by atoms with E-state index < -0.39 is 16.7 Å². The molecule has 7 nitrogen and oxygen atoms in total. The number of hydrogen-bond donors (Lipinski definition) is 0. The number of carbonyl (C=O) groups excluding carboxylic acids is 2. The van der Waals surface area contributed by atoms with Crippen LogP contribution in [-0.4, -0.2) is 29.1 Å². The lowest BCUT2D eigenvalue weighted by molar-refractivity contribution is -0.384. The molecule has 0 atom stereocenters. The number of benzene rings is 2. The number of hydrogen-bond acceptors (Lipinski definition) is 6. The van der Waals surface area contributed by atoms with Crippen molar-refractivity contribution in [3.8, 4) is 5.75 Å². The number of anilines is 1. The van der Waals surface area contributed by atoms with Crippen LogP contribution < -0.4 is 9.64 Å². The lowest BCUT2D eigenvalue weighted by Crippen LogP contribution is -2.31. The molecule has 144 valence electrons. The molecule has 28 heavy (non-hydrogen) atoms. The minimum Gasteiger partial charge on any atom is -0.495 e. The Morgan fingerprint density at radius 2 is 1.68 bits per heavy atom. The number of non-ortho nitro benzene ring substituents is 1. The molecular formula is C20H18N2O5S. The molecule has 2 aromatic carbocycles. The van der Waals surface area contributed by atoms with Crippen LogP contribution in [0.4, 0.5) is 11.4 Å². The fourth-order valence-electron chi connectivity index (χ4n) is 2.89. The van der Waals surface area contributed by atoms with Gasteiger partial charge in [0, 0.05) is 17.4 Å². The summed E-state index contributed by atoms with van der Waals surface area (Å²) >= 11 is 1.29. The molecule has 0 unspecified atom stereocenters. The van der Waals surface area contributed by atoms with E-state index >= 15 is 0 Å². The maximum absolute atomic E-state index is 13.2. The molecule has 2 aromatic rings. The Hall–Kier alpha value is -3.13. The number of rotatable bonds is 6. The number of carbonyl (C=O) groups is 2. The zero-order valence-corrected chi connectivity index (χ0v) is 16.4. The van der Waals surface area contributed by atoms with E-state index in [1.165, 1.54) is 43.1 Å². The van der Waals surface area contributed by atoms with Gasteiger partial charge in [-0.05, 0) is 29.8 Å². The number of imide groups is 1. The number of nitro benzene ring substituents is 1. The Bertz CT molecular complexity index is 982. The lowest BCUT2D eigenvalue weighted by atomic mass is 10.1. The molecule has 0 aromatic heterocycles. The largest absolute Gasteiger partial charge is 0.495 e. The third kappa shape index (κ3) is 3.50. The molecule has 0 aliphatic carbocycles. The number of nitrogens with zero attached hydrogens (tertiary/aromatic N) is 2. The van der Waals surface area contributed by atoms with Crippen LogP contribution in [0.25, 0.3) is 5.57 Å². The number of para-hydroxylation sites is 2. The van der Waals surface area contributed by atoms with Crippen molar-refractivity contribution in [2.24, 2.45) is 0 Å². The number of ether oxygens (including phenoxy) is 1. The van der Waals surface area contributed by atoms with Gasteiger partial charge in [-0.15, -0.1) is 11.8 Å². The molecule has 0 spiro atoms. The van der Waals surface area contributed by atoms with Gasteiger partial charge in [0.15, 0.2) is 0 Å². The van der Waals surface area contributed by atoms with Crippen molar-refractivity contribution >= 4 is 40.5 Å². The van der Waals surface area contributed by atoms with Crippen LogP contribution in [0, 0.1) is 10.1 Å². The highest BCUT2D eigenvalue weighted by Crippen LogP contribution is 2.42. The molecule has 2 amide bonds. The molecule has 0 radical (unpaired) electrons. The Morgan fingerprint density at radius 1 is 1.04 bits per heavy atom. The fraction of sp³-hybridized carbons (Fsp3) is 0.200. The summed E-state index contributed by atoms with van der Waals surface area (Å²) < 4.78 is 5.31. The molecule has 3 rings (SSSR count). The van der Waals surface area contributed by atoms with Gasteiger partial charge in [0.2, 0.25) is 0 Å². The molecule has 0 fully saturated rings. The molecule has 0 saturated carbocycles. The van der Waals surface area contributed by atoms with E-state index in [0.29, 0.717) is 21.9 Å². The molecule has 1 aliphatic rings. The van der Waals surface area contributed by atoms with Crippen LogP contribution in [0.15, 0.2) is 53.4 Å². The summed E-state index contributed by atoms with van der Waals surface area (Å²) in [5.74, 6) is -0.504. The van der Waals surface area contributed by atoms with Gasteiger partial charge in [-0.25, -0.2) is 4.90 Å². The maximum Gasteiger partial charge on any atom is 0.272 e. The topological polar surface area (TPSA) is 89.8 Å². The van der Waals surface area contributed by atoms with E-state index in [0.717, 1.165) is 4.90 Å². The quantitative estimate of drug-likeness (QED) is 0.415. The summed E-state index contributed by atoms with van der Waals surface area (Å²) in [6.45, 7) is 3.85. The molecule has 0 N–H and O–H groups in total. The second-order valence-corrected chi connectivity index (χ2v) is 7.88. The van der Waals surface area contributed by atoms with Crippen LogP contribution in [-0.2, 0) is 9.59 Å². The Kier molecular flexibility index (Phi) is 5.51. The van der Waals surface area contributed by atoms with Crippen molar-refractivity contribution < 1.29 is 19.2 Å². The van der Waals surface area contributed by atoms with Crippen LogP contribution >= 0.6 is 11.8 Å². The summed E-state index contributed by atoms with van der Waals surface area (Å²) in [4.78, 5) is 38.2. The standard InChI is InChI=1S/C20H18N2O5S/c1-12(2)28-18-17(13-8-10-14(11-9-13)22(25)26)19(23)21(20(18)24)15-6-4-5-7-16(15)27-3/h4-12H,1-3H3. The Labute approximate surface area is 166 Å². The molecule has 0 saturated heterocycles. The second-order valence-electron chi connectivity index (χ2n) is 6.29. The van der Waals surface area contributed by atoms with E-state index in [9.17, 15) is 19.7 Å². The van der Waals surface area contributed by atoms with Gasteiger partial charge in [0.05, 0.1) is 28.2 Å². The van der Waals surface area contributed by atoms with E-state index in [2.05, 4.69) is 0 Å². The number of amides is 2. The number of thioether (sulfide) groups is 1. The van der Waals surface area contributed by atoms with Gasteiger partial charge in [0.1, 0.15) is 5.75 Å². The first-order valence-corrected chi connectivity index (χ1v) is 9.40. The fourth-order valence-corrected chi connectivity index (χ4v) is 3.88. The van der Waals surface area contributed by atoms with E-state index in [1.807, 2.05) is 13.8 Å². The highest BCUT2D eigenvalue weighted by molar-refractivity contribution is 8.04. The van der Waals surface area contributed by atoms with Crippen LogP contribution in [0.5, 0.6) is 5.75 Å². The van der Waals surface area contributed by atoms with Crippen LogP contribution in [0.3, 0.4) is 0 Å². The zero-order chi connectivity index (χ0) is 20.4. The second kappa shape index (κ2) is 7.85. The Morgan fingerprint density at radius 3 is 2.25 bits per heavy atom. The predicted octanol–water partition coefficient (Wildman–Crippen LogP) is 4.03. The molecule has 1 aliphatic heterocycles. The predicted molar refractivity (Wildman–Crippen MR) is 108 cm³/mol. The van der Waals surface area contributed by atoms with Gasteiger partial charge >= 0.3 is 0 Å². The van der Waals surface area contributed by atoms with E-state index in [4.69, 9.17) is 4.74 Å². The molecule has 8 heteroatoms. The number of nitro groups is 1. The summed E-state index contributed by atoms with van der Waals surface area (Å²) in [6.07, 6.45) is 0. The third-order valence-corrected chi connectivity index (χ3v) is 5.17. The van der Waals surface area contributed by atoms with E-state index in [1.54, 1.807) is 24.3 Å². The molecular weight excluding hydrogens is 380 g/mol. The maximum atomic E-state index is 13.2. The summed E-state index contributed by atoms with van der Waals surface area (Å²) in [5, 5.41) is 11.0. The van der Waals surface area contributed by atoms with Gasteiger partial charge in [0.25, 0.3) is 17.5 Å². The average Bonchev–Trinajstić information content (AvgIpc) is 2.91. The zero-order valence-electron chi connectivity index (χ0n) is 15.5. The van der Waals surface area contributed by atoms with E-state index in [-0.39, 0.29) is 16.5 Å². The van der Waals surface area contributed by atoms with Crippen molar-refractivity contribution in [2.75, 3.05) is 12.0 Å². The summed E-state index contributed by atoms with van der Waals surface area (Å²) in [5.41, 5.74) is 0.980. The van der Waals surface area contributed by atoms with Crippen molar-refractivity contribution in [3.05, 3.63) is 69.1 Å². The van der Waals surface area contributed by atoms with Crippen molar-refractivity contribution in [1.29, 1.82) is 0 Å². The normalized spacial score (nSPS) is 14.2. The first-order valence-electron chi connectivity index (χ1n) is 8.52. The highest BCUT2D eigenvalue weighted by atomic mass is 32.2. The molecule has 1 heterocycles. The first-order chi connectivity index (χ1) is 13.3. The summed E-state index contributed by atoms with van der Waals surface area (Å²) in [6, 6.07) is 12.4. The van der Waals surface area contributed by atoms with Gasteiger partial charge in [-0.3, -0.25) is 19.7 Å². The van der Waals surface area contributed by atoms with Gasteiger partial charge < -0.3 is 4.74 Å². The SMILES string of the molecule is COc1ccccc1N1C(=O)C(SC(C)C)=C(c2ccc([N+](=O)[O-])cc2)C1=O. The third-order valence-electron chi connectivity index (χ3n) is 4.09. The smallest absolute Gasteiger partial charge is 0.272 e. The minimum atomic E-state index is -0.509. The van der Waals surface area contributed by atoms with Crippen molar-refractivity contribution in [1.82, 2.24) is 0 Å². The van der Waals surface area contributed by atoms with Crippen molar-refractivity contribution in [3.63, 3.8) is 0 Å². The van der Waals surface area contributed by atoms with Crippen LogP contribution in [0.2, 0.25) is 0 Å². The molecule has 0 bridgehead atoms. The average molecular weight is 398 g/mol.